The van der Waals surface area contributed by atoms with Crippen LogP contribution in [0.15, 0.2) is 29.7 Å². The summed E-state index contributed by atoms with van der Waals surface area (Å²) in [6.45, 7) is 2.95. The summed E-state index contributed by atoms with van der Waals surface area (Å²) in [6.07, 6.45) is 1.48. The lowest BCUT2D eigenvalue weighted by molar-refractivity contribution is 0.285. The molecule has 8 nitrogen and oxygen atoms in total. The summed E-state index contributed by atoms with van der Waals surface area (Å²) in [7, 11) is 1.53. The van der Waals surface area contributed by atoms with Crippen LogP contribution in [0.2, 0.25) is 0 Å². The molecule has 8 heteroatoms. The average molecular weight is 291 g/mol. The maximum absolute atomic E-state index is 8.75. The normalized spacial score (nSPS) is 11.4. The van der Waals surface area contributed by atoms with Crippen LogP contribution in [-0.2, 0) is 13.2 Å². The van der Waals surface area contributed by atoms with Crippen molar-refractivity contribution in [1.82, 2.24) is 14.8 Å². The molecule has 0 aliphatic carbocycles. The van der Waals surface area contributed by atoms with E-state index in [4.69, 9.17) is 20.4 Å². The standard InChI is InChI=1S/C13H17N5O3/c1-3-18-12(15-8-16-18)7-21-11-5-9(13(14)17-19)4-10(6-11)20-2/h4-6,8,19H,3,7H2,1-2H3,(H2,14,17). The number of amidine groups is 1. The SMILES string of the molecule is CCn1ncnc1COc1cc(OC)cc(/C(N)=N/O)c1. The van der Waals surface area contributed by atoms with E-state index in [9.17, 15) is 0 Å². The van der Waals surface area contributed by atoms with Gasteiger partial charge in [-0.1, -0.05) is 5.16 Å². The molecule has 0 saturated carbocycles. The highest BCUT2D eigenvalue weighted by molar-refractivity contribution is 5.97. The van der Waals surface area contributed by atoms with Crippen LogP contribution in [0.25, 0.3) is 0 Å². The topological polar surface area (TPSA) is 108 Å². The summed E-state index contributed by atoms with van der Waals surface area (Å²) in [4.78, 5) is 4.13. The molecule has 2 rings (SSSR count). The van der Waals surface area contributed by atoms with Gasteiger partial charge in [-0.3, -0.25) is 0 Å². The number of aryl methyl sites for hydroxylation is 1. The third-order valence-corrected chi connectivity index (χ3v) is 2.88. The van der Waals surface area contributed by atoms with Crippen LogP contribution < -0.4 is 15.2 Å². The summed E-state index contributed by atoms with van der Waals surface area (Å²) in [5, 5.41) is 15.8. The van der Waals surface area contributed by atoms with Crippen LogP contribution in [0.4, 0.5) is 0 Å². The maximum Gasteiger partial charge on any atom is 0.170 e. The van der Waals surface area contributed by atoms with E-state index in [0.717, 1.165) is 0 Å². The van der Waals surface area contributed by atoms with Crippen LogP contribution >= 0.6 is 0 Å². The number of ether oxygens (including phenoxy) is 2. The Morgan fingerprint density at radius 1 is 1.38 bits per heavy atom. The molecule has 21 heavy (non-hydrogen) atoms. The Hall–Kier alpha value is -2.77. The fourth-order valence-electron chi connectivity index (χ4n) is 1.79. The molecule has 0 aliphatic rings. The second kappa shape index (κ2) is 6.60. The van der Waals surface area contributed by atoms with Gasteiger partial charge in [0.25, 0.3) is 0 Å². The van der Waals surface area contributed by atoms with Crippen LogP contribution in [-0.4, -0.2) is 32.9 Å². The molecule has 0 aliphatic heterocycles. The minimum Gasteiger partial charge on any atom is -0.497 e. The van der Waals surface area contributed by atoms with Crippen molar-refractivity contribution in [3.63, 3.8) is 0 Å². The number of nitrogens with zero attached hydrogens (tertiary/aromatic N) is 4. The Kier molecular flexibility index (Phi) is 4.60. The van der Waals surface area contributed by atoms with Gasteiger partial charge in [0.2, 0.25) is 0 Å². The predicted molar refractivity (Wildman–Crippen MR) is 75.5 cm³/mol. The number of aromatic nitrogens is 3. The first-order valence-electron chi connectivity index (χ1n) is 6.34. The van der Waals surface area contributed by atoms with Gasteiger partial charge < -0.3 is 20.4 Å². The quantitative estimate of drug-likeness (QED) is 0.355. The summed E-state index contributed by atoms with van der Waals surface area (Å²) >= 11 is 0. The summed E-state index contributed by atoms with van der Waals surface area (Å²) in [5.74, 6) is 1.77. The van der Waals surface area contributed by atoms with Crippen molar-refractivity contribution in [2.45, 2.75) is 20.1 Å². The highest BCUT2D eigenvalue weighted by Crippen LogP contribution is 2.23. The molecule has 112 valence electrons. The van der Waals surface area contributed by atoms with Gasteiger partial charge in [-0.05, 0) is 19.1 Å². The number of rotatable bonds is 6. The average Bonchev–Trinajstić information content (AvgIpc) is 2.99. The second-order valence-electron chi connectivity index (χ2n) is 4.16. The van der Waals surface area contributed by atoms with Gasteiger partial charge in [0.15, 0.2) is 11.7 Å². The zero-order chi connectivity index (χ0) is 15.2. The number of oxime groups is 1. The molecule has 1 heterocycles. The fourth-order valence-corrected chi connectivity index (χ4v) is 1.79. The van der Waals surface area contributed by atoms with E-state index in [1.54, 1.807) is 22.9 Å². The third-order valence-electron chi connectivity index (χ3n) is 2.88. The van der Waals surface area contributed by atoms with Crippen molar-refractivity contribution < 1.29 is 14.7 Å². The van der Waals surface area contributed by atoms with Crippen molar-refractivity contribution >= 4 is 5.84 Å². The van der Waals surface area contributed by atoms with Gasteiger partial charge in [-0.15, -0.1) is 0 Å². The van der Waals surface area contributed by atoms with Crippen molar-refractivity contribution in [3.8, 4) is 11.5 Å². The summed E-state index contributed by atoms with van der Waals surface area (Å²) < 4.78 is 12.6. The van der Waals surface area contributed by atoms with E-state index in [-0.39, 0.29) is 12.4 Å². The molecule has 1 aromatic carbocycles. The van der Waals surface area contributed by atoms with Crippen molar-refractivity contribution in [3.05, 3.63) is 35.9 Å². The molecule has 0 unspecified atom stereocenters. The summed E-state index contributed by atoms with van der Waals surface area (Å²) in [6, 6.07) is 5.02. The first-order chi connectivity index (χ1) is 10.2. The Bertz CT molecular complexity index is 638. The number of methoxy groups -OCH3 is 1. The Labute approximate surface area is 121 Å². The van der Waals surface area contributed by atoms with Crippen molar-refractivity contribution in [2.75, 3.05) is 7.11 Å². The summed E-state index contributed by atoms with van der Waals surface area (Å²) in [5.41, 5.74) is 6.09. The van der Waals surface area contributed by atoms with E-state index < -0.39 is 0 Å². The first-order valence-corrected chi connectivity index (χ1v) is 6.34. The molecule has 0 bridgehead atoms. The van der Waals surface area contributed by atoms with E-state index in [1.807, 2.05) is 6.92 Å². The molecule has 0 saturated heterocycles. The van der Waals surface area contributed by atoms with Gasteiger partial charge in [0, 0.05) is 18.2 Å². The number of hydrogen-bond donors (Lipinski definition) is 2. The lowest BCUT2D eigenvalue weighted by Crippen LogP contribution is -2.13. The van der Waals surface area contributed by atoms with Crippen molar-refractivity contribution in [2.24, 2.45) is 10.9 Å². The maximum atomic E-state index is 8.75. The van der Waals surface area contributed by atoms with Crippen LogP contribution in [0.3, 0.4) is 0 Å². The number of hydrogen-bond acceptors (Lipinski definition) is 6. The monoisotopic (exact) mass is 291 g/mol. The van der Waals surface area contributed by atoms with Gasteiger partial charge in [0.1, 0.15) is 24.4 Å². The molecule has 0 atom stereocenters. The fraction of sp³-hybridized carbons (Fsp3) is 0.308. The predicted octanol–water partition coefficient (Wildman–Crippen LogP) is 0.980. The van der Waals surface area contributed by atoms with E-state index in [1.165, 1.54) is 13.4 Å². The van der Waals surface area contributed by atoms with Crippen LogP contribution in [0, 0.1) is 0 Å². The van der Waals surface area contributed by atoms with Gasteiger partial charge in [-0.2, -0.15) is 5.10 Å². The number of nitrogens with two attached hydrogens (primary N) is 1. The first kappa shape index (κ1) is 14.6. The largest absolute Gasteiger partial charge is 0.497 e. The molecular weight excluding hydrogens is 274 g/mol. The minimum absolute atomic E-state index is 0.0181. The molecule has 0 spiro atoms. The molecule has 2 aromatic rings. The highest BCUT2D eigenvalue weighted by atomic mass is 16.5. The molecule has 0 fully saturated rings. The van der Waals surface area contributed by atoms with Crippen molar-refractivity contribution in [1.29, 1.82) is 0 Å². The lowest BCUT2D eigenvalue weighted by atomic mass is 10.2. The molecule has 0 amide bonds. The van der Waals surface area contributed by atoms with Gasteiger partial charge >= 0.3 is 0 Å². The molecular formula is C13H17N5O3. The zero-order valence-electron chi connectivity index (χ0n) is 11.9. The van der Waals surface area contributed by atoms with Gasteiger partial charge in [0.05, 0.1) is 7.11 Å². The van der Waals surface area contributed by atoms with E-state index in [0.29, 0.717) is 29.4 Å². The number of benzene rings is 1. The van der Waals surface area contributed by atoms with Gasteiger partial charge in [-0.25, -0.2) is 9.67 Å². The smallest absolute Gasteiger partial charge is 0.170 e. The Morgan fingerprint density at radius 3 is 2.81 bits per heavy atom. The molecule has 0 radical (unpaired) electrons. The second-order valence-corrected chi connectivity index (χ2v) is 4.16. The molecule has 1 aromatic heterocycles. The third kappa shape index (κ3) is 3.41. The van der Waals surface area contributed by atoms with E-state index >= 15 is 0 Å². The lowest BCUT2D eigenvalue weighted by Gasteiger charge is -2.10. The highest BCUT2D eigenvalue weighted by Gasteiger charge is 2.08. The van der Waals surface area contributed by atoms with Crippen LogP contribution in [0.1, 0.15) is 18.3 Å². The molecule has 3 N–H and O–H groups in total. The van der Waals surface area contributed by atoms with E-state index in [2.05, 4.69) is 15.2 Å². The zero-order valence-corrected chi connectivity index (χ0v) is 11.9. The van der Waals surface area contributed by atoms with Crippen LogP contribution in [0.5, 0.6) is 11.5 Å². The Morgan fingerprint density at radius 2 is 2.14 bits per heavy atom. The Balaban J connectivity index is 2.19. The minimum atomic E-state index is -0.0181.